The Labute approximate surface area is 94.6 Å². The van der Waals surface area contributed by atoms with Crippen LogP contribution in [0.2, 0.25) is 0 Å². The van der Waals surface area contributed by atoms with Gasteiger partial charge in [-0.25, -0.2) is 0 Å². The van der Waals surface area contributed by atoms with Crippen molar-refractivity contribution in [2.45, 2.75) is 64.5 Å². The van der Waals surface area contributed by atoms with E-state index in [4.69, 9.17) is 10.5 Å². The first kappa shape index (κ1) is 13.0. The van der Waals surface area contributed by atoms with E-state index in [0.29, 0.717) is 12.1 Å². The first-order valence-electron chi connectivity index (χ1n) is 6.45. The average Bonchev–Trinajstić information content (AvgIpc) is 2.28. The van der Waals surface area contributed by atoms with Crippen molar-refractivity contribution in [3.05, 3.63) is 0 Å². The van der Waals surface area contributed by atoms with Gasteiger partial charge < -0.3 is 10.5 Å². The second-order valence-electron chi connectivity index (χ2n) is 5.15. The fourth-order valence-electron chi connectivity index (χ4n) is 2.76. The third kappa shape index (κ3) is 4.12. The molecule has 0 aromatic carbocycles. The zero-order valence-corrected chi connectivity index (χ0v) is 10.5. The summed E-state index contributed by atoms with van der Waals surface area (Å²) in [6.45, 7) is 4.41. The Morgan fingerprint density at radius 2 is 2.13 bits per heavy atom. The second-order valence-corrected chi connectivity index (χ2v) is 5.15. The van der Waals surface area contributed by atoms with Gasteiger partial charge in [0.1, 0.15) is 0 Å². The number of hydrogen-bond donors (Lipinski definition) is 1. The van der Waals surface area contributed by atoms with E-state index in [-0.39, 0.29) is 0 Å². The quantitative estimate of drug-likeness (QED) is 0.762. The average molecular weight is 213 g/mol. The summed E-state index contributed by atoms with van der Waals surface area (Å²) in [5.74, 6) is 1.66. The van der Waals surface area contributed by atoms with Gasteiger partial charge in [-0.1, -0.05) is 26.2 Å². The SMILES string of the molecule is CCC1CCCC(C(N)CC(C)OC)C1. The monoisotopic (exact) mass is 213 g/mol. The van der Waals surface area contributed by atoms with Crippen molar-refractivity contribution < 1.29 is 4.74 Å². The van der Waals surface area contributed by atoms with E-state index in [9.17, 15) is 0 Å². The Morgan fingerprint density at radius 3 is 2.73 bits per heavy atom. The summed E-state index contributed by atoms with van der Waals surface area (Å²) in [5, 5.41) is 0. The highest BCUT2D eigenvalue weighted by molar-refractivity contribution is 4.81. The predicted octanol–water partition coefficient (Wildman–Crippen LogP) is 2.96. The Morgan fingerprint density at radius 1 is 1.40 bits per heavy atom. The van der Waals surface area contributed by atoms with Crippen LogP contribution in [0.15, 0.2) is 0 Å². The van der Waals surface area contributed by atoms with Gasteiger partial charge in [0.05, 0.1) is 6.10 Å². The van der Waals surface area contributed by atoms with Crippen molar-refractivity contribution in [3.63, 3.8) is 0 Å². The molecule has 1 aliphatic carbocycles. The second kappa shape index (κ2) is 6.49. The molecule has 0 aliphatic heterocycles. The van der Waals surface area contributed by atoms with Gasteiger partial charge in [-0.15, -0.1) is 0 Å². The summed E-state index contributed by atoms with van der Waals surface area (Å²) in [6, 6.07) is 0.342. The number of hydrogen-bond acceptors (Lipinski definition) is 2. The Hall–Kier alpha value is -0.0800. The lowest BCUT2D eigenvalue weighted by atomic mass is 9.76. The largest absolute Gasteiger partial charge is 0.382 e. The third-order valence-electron chi connectivity index (χ3n) is 4.01. The summed E-state index contributed by atoms with van der Waals surface area (Å²) in [6.07, 6.45) is 8.10. The summed E-state index contributed by atoms with van der Waals surface area (Å²) in [7, 11) is 1.77. The van der Waals surface area contributed by atoms with E-state index < -0.39 is 0 Å². The first-order chi connectivity index (χ1) is 7.17. The van der Waals surface area contributed by atoms with Crippen molar-refractivity contribution in [3.8, 4) is 0 Å². The van der Waals surface area contributed by atoms with Gasteiger partial charge in [0.25, 0.3) is 0 Å². The molecule has 1 saturated carbocycles. The Balaban J connectivity index is 2.34. The minimum absolute atomic E-state index is 0.307. The lowest BCUT2D eigenvalue weighted by Gasteiger charge is -2.33. The molecule has 2 nitrogen and oxygen atoms in total. The van der Waals surface area contributed by atoms with E-state index in [0.717, 1.165) is 18.3 Å². The molecular formula is C13H27NO. The maximum atomic E-state index is 6.26. The van der Waals surface area contributed by atoms with E-state index in [2.05, 4.69) is 13.8 Å². The summed E-state index contributed by atoms with van der Waals surface area (Å²) < 4.78 is 5.28. The molecule has 0 spiro atoms. The molecule has 4 unspecified atom stereocenters. The predicted molar refractivity (Wildman–Crippen MR) is 64.8 cm³/mol. The molecule has 90 valence electrons. The topological polar surface area (TPSA) is 35.2 Å². The van der Waals surface area contributed by atoms with Crippen molar-refractivity contribution in [2.24, 2.45) is 17.6 Å². The Kier molecular flexibility index (Phi) is 5.62. The van der Waals surface area contributed by atoms with Gasteiger partial charge in [0.15, 0.2) is 0 Å². The summed E-state index contributed by atoms with van der Waals surface area (Å²) >= 11 is 0. The fourth-order valence-corrected chi connectivity index (χ4v) is 2.76. The molecule has 2 heteroatoms. The molecule has 0 bridgehead atoms. The van der Waals surface area contributed by atoms with Gasteiger partial charge in [0, 0.05) is 13.2 Å². The molecule has 4 atom stereocenters. The van der Waals surface area contributed by atoms with Gasteiger partial charge >= 0.3 is 0 Å². The van der Waals surface area contributed by atoms with Crippen molar-refractivity contribution in [2.75, 3.05) is 7.11 Å². The number of methoxy groups -OCH3 is 1. The number of rotatable bonds is 5. The van der Waals surface area contributed by atoms with Gasteiger partial charge in [-0.2, -0.15) is 0 Å². The molecule has 2 N–H and O–H groups in total. The molecular weight excluding hydrogens is 186 g/mol. The normalized spacial score (nSPS) is 31.2. The van der Waals surface area contributed by atoms with Gasteiger partial charge in [-0.05, 0) is 38.0 Å². The molecule has 0 amide bonds. The third-order valence-corrected chi connectivity index (χ3v) is 4.01. The molecule has 0 aromatic heterocycles. The number of nitrogens with two attached hydrogens (primary N) is 1. The molecule has 15 heavy (non-hydrogen) atoms. The highest BCUT2D eigenvalue weighted by atomic mass is 16.5. The standard InChI is InChI=1S/C13H27NO/c1-4-11-6-5-7-12(9-11)13(14)8-10(2)15-3/h10-13H,4-9,14H2,1-3H3. The van der Waals surface area contributed by atoms with E-state index >= 15 is 0 Å². The van der Waals surface area contributed by atoms with Crippen LogP contribution in [-0.2, 0) is 4.74 Å². The number of ether oxygens (including phenoxy) is 1. The van der Waals surface area contributed by atoms with Crippen molar-refractivity contribution in [1.29, 1.82) is 0 Å². The molecule has 0 aromatic rings. The van der Waals surface area contributed by atoms with Crippen LogP contribution in [0, 0.1) is 11.8 Å². The highest BCUT2D eigenvalue weighted by Gasteiger charge is 2.26. The Bertz CT molecular complexity index is 172. The maximum absolute atomic E-state index is 6.26. The minimum atomic E-state index is 0.307. The fraction of sp³-hybridized carbons (Fsp3) is 1.00. The zero-order valence-electron chi connectivity index (χ0n) is 10.5. The first-order valence-corrected chi connectivity index (χ1v) is 6.45. The molecule has 0 radical (unpaired) electrons. The van der Waals surface area contributed by atoms with Crippen LogP contribution >= 0.6 is 0 Å². The van der Waals surface area contributed by atoms with Gasteiger partial charge in [0.2, 0.25) is 0 Å². The summed E-state index contributed by atoms with van der Waals surface area (Å²) in [4.78, 5) is 0. The van der Waals surface area contributed by atoms with E-state index in [1.54, 1.807) is 7.11 Å². The highest BCUT2D eigenvalue weighted by Crippen LogP contribution is 2.33. The van der Waals surface area contributed by atoms with Crippen LogP contribution in [-0.4, -0.2) is 19.3 Å². The molecule has 0 heterocycles. The zero-order chi connectivity index (χ0) is 11.3. The van der Waals surface area contributed by atoms with Crippen LogP contribution in [0.1, 0.15) is 52.4 Å². The van der Waals surface area contributed by atoms with Crippen molar-refractivity contribution in [1.82, 2.24) is 0 Å². The lowest BCUT2D eigenvalue weighted by molar-refractivity contribution is 0.0906. The minimum Gasteiger partial charge on any atom is -0.382 e. The summed E-state index contributed by atoms with van der Waals surface area (Å²) in [5.41, 5.74) is 6.26. The van der Waals surface area contributed by atoms with Crippen LogP contribution in [0.3, 0.4) is 0 Å². The van der Waals surface area contributed by atoms with Crippen molar-refractivity contribution >= 4 is 0 Å². The van der Waals surface area contributed by atoms with Crippen LogP contribution in [0.5, 0.6) is 0 Å². The smallest absolute Gasteiger partial charge is 0.0558 e. The van der Waals surface area contributed by atoms with Crippen LogP contribution < -0.4 is 5.73 Å². The lowest BCUT2D eigenvalue weighted by Crippen LogP contribution is -2.36. The molecule has 1 fully saturated rings. The van der Waals surface area contributed by atoms with Gasteiger partial charge in [-0.3, -0.25) is 0 Å². The van der Waals surface area contributed by atoms with Crippen LogP contribution in [0.4, 0.5) is 0 Å². The molecule has 0 saturated heterocycles. The molecule has 1 rings (SSSR count). The molecule has 1 aliphatic rings. The maximum Gasteiger partial charge on any atom is 0.0558 e. The van der Waals surface area contributed by atoms with E-state index in [1.807, 2.05) is 0 Å². The van der Waals surface area contributed by atoms with Crippen LogP contribution in [0.25, 0.3) is 0 Å². The van der Waals surface area contributed by atoms with E-state index in [1.165, 1.54) is 32.1 Å².